The van der Waals surface area contributed by atoms with Gasteiger partial charge in [-0.1, -0.05) is 78.9 Å². The number of nitrogens with one attached hydrogen (secondary N) is 2. The van der Waals surface area contributed by atoms with Gasteiger partial charge in [-0.15, -0.1) is 12.4 Å². The fourth-order valence-corrected chi connectivity index (χ4v) is 6.63. The van der Waals surface area contributed by atoms with Crippen LogP contribution in [-0.2, 0) is 11.3 Å². The highest BCUT2D eigenvalue weighted by Crippen LogP contribution is 2.42. The predicted octanol–water partition coefficient (Wildman–Crippen LogP) is 7.04. The summed E-state index contributed by atoms with van der Waals surface area (Å²) in [5.74, 6) is 1.13. The Hall–Kier alpha value is -4.07. The molecule has 4 aromatic rings. The van der Waals surface area contributed by atoms with Crippen LogP contribution in [0.5, 0.6) is 5.75 Å². The molecule has 0 aliphatic carbocycles. The summed E-state index contributed by atoms with van der Waals surface area (Å²) in [6.45, 7) is 4.11. The number of benzene rings is 4. The van der Waals surface area contributed by atoms with Gasteiger partial charge in [0.25, 0.3) is 0 Å². The Bertz CT molecular complexity index is 1550. The van der Waals surface area contributed by atoms with Crippen LogP contribution in [0.15, 0.2) is 97.1 Å². The Kier molecular flexibility index (Phi) is 10.1. The molecule has 1 unspecified atom stereocenters. The van der Waals surface area contributed by atoms with Gasteiger partial charge in [-0.3, -0.25) is 4.79 Å². The van der Waals surface area contributed by atoms with Crippen molar-refractivity contribution in [2.75, 3.05) is 38.6 Å². The van der Waals surface area contributed by atoms with Crippen molar-refractivity contribution in [3.05, 3.63) is 108 Å². The molecule has 2 fully saturated rings. The standard InChI is InChI=1S/C36H40N4O3.ClH/c1-43-30-16-14-27(15-17-30)26-40-25-21-36(34(40)41)19-23-39(24-20-36)22-18-32(29-9-3-2-4-10-29)37-35(42)38-33-13-7-11-28-8-5-6-12-31(28)33;/h2-17,32H,18-26H2,1H3,(H2,37,38,42);1H. The molecular weight excluding hydrogens is 572 g/mol. The first-order valence-corrected chi connectivity index (χ1v) is 15.3. The summed E-state index contributed by atoms with van der Waals surface area (Å²) in [7, 11) is 1.66. The van der Waals surface area contributed by atoms with Gasteiger partial charge in [0.1, 0.15) is 5.75 Å². The molecule has 0 aromatic heterocycles. The molecule has 7 nitrogen and oxygen atoms in total. The van der Waals surface area contributed by atoms with Crippen molar-refractivity contribution in [1.29, 1.82) is 0 Å². The molecule has 3 amide bonds. The molecule has 8 heteroatoms. The Balaban J connectivity index is 0.00000384. The number of piperidine rings is 1. The third-order valence-corrected chi connectivity index (χ3v) is 9.23. The fourth-order valence-electron chi connectivity index (χ4n) is 6.63. The lowest BCUT2D eigenvalue weighted by Gasteiger charge is -2.38. The van der Waals surface area contributed by atoms with Gasteiger partial charge in [0.2, 0.25) is 5.91 Å². The number of fused-ring (bicyclic) bond motifs is 1. The highest BCUT2D eigenvalue weighted by atomic mass is 35.5. The monoisotopic (exact) mass is 612 g/mol. The van der Waals surface area contributed by atoms with Gasteiger partial charge >= 0.3 is 6.03 Å². The van der Waals surface area contributed by atoms with Crippen LogP contribution in [-0.4, -0.2) is 55.0 Å². The summed E-state index contributed by atoms with van der Waals surface area (Å²) in [5.41, 5.74) is 2.78. The number of methoxy groups -OCH3 is 1. The first kappa shape index (κ1) is 31.4. The first-order valence-electron chi connectivity index (χ1n) is 15.3. The highest BCUT2D eigenvalue weighted by molar-refractivity contribution is 6.01. The number of rotatable bonds is 9. The molecule has 2 aliphatic rings. The minimum absolute atomic E-state index is 0. The Labute approximate surface area is 266 Å². The number of carbonyl (C=O) groups excluding carboxylic acids is 2. The molecular formula is C36H41ClN4O3. The molecule has 1 spiro atoms. The van der Waals surface area contributed by atoms with Gasteiger partial charge in [-0.2, -0.15) is 0 Å². The SMILES string of the molecule is COc1ccc(CN2CCC3(CCN(CCC(NC(=O)Nc4cccc5ccccc45)c4ccccc4)CC3)C2=O)cc1.Cl. The molecule has 0 radical (unpaired) electrons. The number of anilines is 1. The maximum atomic E-state index is 13.5. The minimum Gasteiger partial charge on any atom is -0.497 e. The predicted molar refractivity (Wildman–Crippen MR) is 178 cm³/mol. The second-order valence-corrected chi connectivity index (χ2v) is 11.8. The normalized spacial score (nSPS) is 16.8. The van der Waals surface area contributed by atoms with Crippen molar-refractivity contribution in [1.82, 2.24) is 15.1 Å². The summed E-state index contributed by atoms with van der Waals surface area (Å²) >= 11 is 0. The fraction of sp³-hybridized carbons (Fsp3) is 0.333. The van der Waals surface area contributed by atoms with Gasteiger partial charge in [-0.25, -0.2) is 4.79 Å². The summed E-state index contributed by atoms with van der Waals surface area (Å²) < 4.78 is 5.27. The molecule has 2 aliphatic heterocycles. The zero-order chi connectivity index (χ0) is 29.6. The number of hydrogen-bond donors (Lipinski definition) is 2. The zero-order valence-electron chi connectivity index (χ0n) is 25.2. The number of nitrogens with zero attached hydrogens (tertiary/aromatic N) is 2. The van der Waals surface area contributed by atoms with Crippen LogP contribution in [0.2, 0.25) is 0 Å². The molecule has 2 N–H and O–H groups in total. The number of ether oxygens (including phenoxy) is 1. The third kappa shape index (κ3) is 7.01. The van der Waals surface area contributed by atoms with E-state index in [9.17, 15) is 9.59 Å². The molecule has 4 aromatic carbocycles. The molecule has 6 rings (SSSR count). The second kappa shape index (κ2) is 14.1. The number of hydrogen-bond acceptors (Lipinski definition) is 4. The Morgan fingerprint density at radius 3 is 2.30 bits per heavy atom. The molecule has 230 valence electrons. The van der Waals surface area contributed by atoms with E-state index in [-0.39, 0.29) is 29.9 Å². The smallest absolute Gasteiger partial charge is 0.319 e. The first-order chi connectivity index (χ1) is 21.0. The van der Waals surface area contributed by atoms with Gasteiger partial charge in [0.05, 0.1) is 24.3 Å². The maximum Gasteiger partial charge on any atom is 0.319 e. The second-order valence-electron chi connectivity index (χ2n) is 11.8. The van der Waals surface area contributed by atoms with Crippen molar-refractivity contribution < 1.29 is 14.3 Å². The van der Waals surface area contributed by atoms with Crippen LogP contribution in [0.25, 0.3) is 10.8 Å². The summed E-state index contributed by atoms with van der Waals surface area (Å²) in [5, 5.41) is 8.42. The van der Waals surface area contributed by atoms with Crippen LogP contribution in [0.3, 0.4) is 0 Å². The number of carbonyl (C=O) groups is 2. The lowest BCUT2D eigenvalue weighted by molar-refractivity contribution is -0.138. The van der Waals surface area contributed by atoms with Crippen molar-refractivity contribution in [2.45, 2.75) is 38.3 Å². The van der Waals surface area contributed by atoms with Crippen LogP contribution >= 0.6 is 12.4 Å². The van der Waals surface area contributed by atoms with Crippen LogP contribution in [0.1, 0.15) is 42.9 Å². The molecule has 0 saturated carbocycles. The Morgan fingerprint density at radius 2 is 1.55 bits per heavy atom. The molecule has 44 heavy (non-hydrogen) atoms. The van der Waals surface area contributed by atoms with Crippen LogP contribution in [0, 0.1) is 5.41 Å². The number of urea groups is 1. The van der Waals surface area contributed by atoms with E-state index in [2.05, 4.69) is 27.7 Å². The summed E-state index contributed by atoms with van der Waals surface area (Å²) in [6.07, 6.45) is 3.49. The van der Waals surface area contributed by atoms with Crippen molar-refractivity contribution in [3.8, 4) is 5.75 Å². The van der Waals surface area contributed by atoms with Crippen molar-refractivity contribution >= 4 is 40.8 Å². The Morgan fingerprint density at radius 1 is 0.864 bits per heavy atom. The lowest BCUT2D eigenvalue weighted by Crippen LogP contribution is -2.45. The number of likely N-dealkylation sites (tertiary alicyclic amines) is 2. The molecule has 2 heterocycles. The van der Waals surface area contributed by atoms with Crippen LogP contribution < -0.4 is 15.4 Å². The topological polar surface area (TPSA) is 73.9 Å². The van der Waals surface area contributed by atoms with Gasteiger partial charge in [0.15, 0.2) is 0 Å². The van der Waals surface area contributed by atoms with E-state index >= 15 is 0 Å². The van der Waals surface area contributed by atoms with Gasteiger partial charge < -0.3 is 25.2 Å². The van der Waals surface area contributed by atoms with Gasteiger partial charge in [0, 0.05) is 25.0 Å². The van der Waals surface area contributed by atoms with E-state index in [1.807, 2.05) is 89.8 Å². The average molecular weight is 613 g/mol. The van der Waals surface area contributed by atoms with E-state index < -0.39 is 0 Å². The number of amides is 3. The zero-order valence-corrected chi connectivity index (χ0v) is 26.0. The van der Waals surface area contributed by atoms with E-state index in [0.717, 1.165) is 85.2 Å². The maximum absolute atomic E-state index is 13.5. The van der Waals surface area contributed by atoms with E-state index in [4.69, 9.17) is 4.74 Å². The van der Waals surface area contributed by atoms with Crippen LogP contribution in [0.4, 0.5) is 10.5 Å². The van der Waals surface area contributed by atoms with Gasteiger partial charge in [-0.05, 0) is 73.5 Å². The molecule has 2 saturated heterocycles. The van der Waals surface area contributed by atoms with E-state index in [1.165, 1.54) is 0 Å². The number of halogens is 1. The minimum atomic E-state index is -0.238. The molecule has 1 atom stereocenters. The summed E-state index contributed by atoms with van der Waals surface area (Å²) in [6, 6.07) is 31.8. The summed E-state index contributed by atoms with van der Waals surface area (Å²) in [4.78, 5) is 31.2. The lowest BCUT2D eigenvalue weighted by atomic mass is 9.77. The van der Waals surface area contributed by atoms with E-state index in [0.29, 0.717) is 12.5 Å². The molecule has 0 bridgehead atoms. The average Bonchev–Trinajstić information content (AvgIpc) is 3.34. The van der Waals surface area contributed by atoms with E-state index in [1.54, 1.807) is 7.11 Å². The largest absolute Gasteiger partial charge is 0.497 e. The van der Waals surface area contributed by atoms with Crippen molar-refractivity contribution in [3.63, 3.8) is 0 Å². The van der Waals surface area contributed by atoms with Crippen molar-refractivity contribution in [2.24, 2.45) is 5.41 Å². The third-order valence-electron chi connectivity index (χ3n) is 9.23. The quantitative estimate of drug-likeness (QED) is 0.213. The highest BCUT2D eigenvalue weighted by Gasteiger charge is 2.47.